The smallest absolute Gasteiger partial charge is 0.274 e. The highest BCUT2D eigenvalue weighted by Crippen LogP contribution is 2.22. The molecule has 1 aromatic heterocycles. The van der Waals surface area contributed by atoms with Gasteiger partial charge in [-0.1, -0.05) is 12.1 Å². The monoisotopic (exact) mass is 269 g/mol. The first-order valence-corrected chi connectivity index (χ1v) is 6.43. The van der Waals surface area contributed by atoms with Gasteiger partial charge in [-0.15, -0.1) is 0 Å². The SMILES string of the molecule is CCOc1cccc(-n2[nH]c(=O)c3c(N)cccc32)c1. The van der Waals surface area contributed by atoms with Gasteiger partial charge in [0.05, 0.1) is 23.2 Å². The predicted molar refractivity (Wildman–Crippen MR) is 79.5 cm³/mol. The number of hydrogen-bond donors (Lipinski definition) is 2. The lowest BCUT2D eigenvalue weighted by Crippen LogP contribution is -2.04. The Morgan fingerprint density at radius 3 is 2.85 bits per heavy atom. The van der Waals surface area contributed by atoms with E-state index >= 15 is 0 Å². The molecular formula is C15H15N3O2. The van der Waals surface area contributed by atoms with Crippen LogP contribution in [0.3, 0.4) is 0 Å². The molecule has 0 amide bonds. The molecule has 3 rings (SSSR count). The van der Waals surface area contributed by atoms with Crippen molar-refractivity contribution in [3.63, 3.8) is 0 Å². The molecule has 0 unspecified atom stereocenters. The van der Waals surface area contributed by atoms with E-state index in [1.165, 1.54) is 0 Å². The number of fused-ring (bicyclic) bond motifs is 1. The Kier molecular flexibility index (Phi) is 2.95. The fraction of sp³-hybridized carbons (Fsp3) is 0.133. The predicted octanol–water partition coefficient (Wildman–Crippen LogP) is 2.30. The van der Waals surface area contributed by atoms with E-state index in [0.717, 1.165) is 17.0 Å². The number of hydrogen-bond acceptors (Lipinski definition) is 3. The average molecular weight is 269 g/mol. The third-order valence-electron chi connectivity index (χ3n) is 3.14. The first-order valence-electron chi connectivity index (χ1n) is 6.43. The van der Waals surface area contributed by atoms with E-state index in [1.54, 1.807) is 10.7 Å². The van der Waals surface area contributed by atoms with E-state index < -0.39 is 0 Å². The van der Waals surface area contributed by atoms with Gasteiger partial charge in [0, 0.05) is 11.8 Å². The second-order valence-corrected chi connectivity index (χ2v) is 4.45. The maximum absolute atomic E-state index is 12.0. The Balaban J connectivity index is 2.22. The molecular weight excluding hydrogens is 254 g/mol. The van der Waals surface area contributed by atoms with Crippen LogP contribution in [-0.2, 0) is 0 Å². The van der Waals surface area contributed by atoms with Crippen molar-refractivity contribution in [1.29, 1.82) is 0 Å². The van der Waals surface area contributed by atoms with Gasteiger partial charge in [0.1, 0.15) is 5.75 Å². The molecule has 5 heteroatoms. The van der Waals surface area contributed by atoms with Crippen LogP contribution in [0.25, 0.3) is 16.6 Å². The van der Waals surface area contributed by atoms with Crippen LogP contribution < -0.4 is 16.0 Å². The lowest BCUT2D eigenvalue weighted by atomic mass is 10.2. The summed E-state index contributed by atoms with van der Waals surface area (Å²) in [4.78, 5) is 12.0. The van der Waals surface area contributed by atoms with Crippen LogP contribution >= 0.6 is 0 Å². The van der Waals surface area contributed by atoms with E-state index in [-0.39, 0.29) is 5.56 Å². The minimum atomic E-state index is -0.195. The second-order valence-electron chi connectivity index (χ2n) is 4.45. The first-order chi connectivity index (χ1) is 9.70. The number of H-pyrrole nitrogens is 1. The molecule has 0 aliphatic carbocycles. The van der Waals surface area contributed by atoms with Gasteiger partial charge in [-0.05, 0) is 31.2 Å². The van der Waals surface area contributed by atoms with Crippen LogP contribution in [0.2, 0.25) is 0 Å². The van der Waals surface area contributed by atoms with Gasteiger partial charge in [-0.2, -0.15) is 0 Å². The zero-order valence-corrected chi connectivity index (χ0v) is 11.1. The Labute approximate surface area is 115 Å². The summed E-state index contributed by atoms with van der Waals surface area (Å²) in [7, 11) is 0. The van der Waals surface area contributed by atoms with Crippen LogP contribution in [0.5, 0.6) is 5.75 Å². The van der Waals surface area contributed by atoms with Crippen LogP contribution in [0.15, 0.2) is 47.3 Å². The molecule has 0 saturated carbocycles. The standard InChI is InChI=1S/C15H15N3O2/c1-2-20-11-6-3-5-10(9-11)18-13-8-4-7-12(16)14(13)15(19)17-18/h3-9H,2,16H2,1H3,(H,17,19). The van der Waals surface area contributed by atoms with E-state index in [0.29, 0.717) is 17.7 Å². The van der Waals surface area contributed by atoms with E-state index in [9.17, 15) is 4.79 Å². The van der Waals surface area contributed by atoms with Crippen molar-refractivity contribution >= 4 is 16.6 Å². The number of aromatic amines is 1. The largest absolute Gasteiger partial charge is 0.494 e. The quantitative estimate of drug-likeness (QED) is 0.716. The molecule has 0 spiro atoms. The normalized spacial score (nSPS) is 10.8. The van der Waals surface area contributed by atoms with E-state index in [2.05, 4.69) is 5.10 Å². The summed E-state index contributed by atoms with van der Waals surface area (Å²) in [6, 6.07) is 13.0. The zero-order chi connectivity index (χ0) is 14.1. The molecule has 0 bridgehead atoms. The third kappa shape index (κ3) is 1.93. The highest BCUT2D eigenvalue weighted by Gasteiger charge is 2.10. The second kappa shape index (κ2) is 4.77. The fourth-order valence-electron chi connectivity index (χ4n) is 2.29. The van der Waals surface area contributed by atoms with Gasteiger partial charge >= 0.3 is 0 Å². The molecule has 0 aliphatic heterocycles. The summed E-state index contributed by atoms with van der Waals surface area (Å²) in [6.07, 6.45) is 0. The van der Waals surface area contributed by atoms with Gasteiger partial charge in [0.25, 0.3) is 5.56 Å². The number of nitrogens with two attached hydrogens (primary N) is 1. The summed E-state index contributed by atoms with van der Waals surface area (Å²) >= 11 is 0. The molecule has 102 valence electrons. The number of anilines is 1. The Hall–Kier alpha value is -2.69. The number of ether oxygens (including phenoxy) is 1. The molecule has 3 aromatic rings. The van der Waals surface area contributed by atoms with Gasteiger partial charge in [0.15, 0.2) is 0 Å². The van der Waals surface area contributed by atoms with Gasteiger partial charge in [-0.3, -0.25) is 14.6 Å². The summed E-state index contributed by atoms with van der Waals surface area (Å²) in [5, 5.41) is 3.31. The van der Waals surface area contributed by atoms with Crippen LogP contribution in [-0.4, -0.2) is 16.4 Å². The lowest BCUT2D eigenvalue weighted by molar-refractivity contribution is 0.340. The fourth-order valence-corrected chi connectivity index (χ4v) is 2.29. The highest BCUT2D eigenvalue weighted by atomic mass is 16.5. The molecule has 0 radical (unpaired) electrons. The molecule has 2 aromatic carbocycles. The molecule has 5 nitrogen and oxygen atoms in total. The van der Waals surface area contributed by atoms with Crippen molar-refractivity contribution in [2.75, 3.05) is 12.3 Å². The molecule has 0 aliphatic rings. The van der Waals surface area contributed by atoms with Gasteiger partial charge in [-0.25, -0.2) is 0 Å². The van der Waals surface area contributed by atoms with Gasteiger partial charge in [0.2, 0.25) is 0 Å². The minimum Gasteiger partial charge on any atom is -0.494 e. The van der Waals surface area contributed by atoms with Crippen LogP contribution in [0.4, 0.5) is 5.69 Å². The Morgan fingerprint density at radius 2 is 2.05 bits per heavy atom. The zero-order valence-electron chi connectivity index (χ0n) is 11.1. The van der Waals surface area contributed by atoms with Crippen molar-refractivity contribution in [2.24, 2.45) is 0 Å². The van der Waals surface area contributed by atoms with Crippen molar-refractivity contribution in [3.05, 3.63) is 52.8 Å². The number of nitrogens with zero attached hydrogens (tertiary/aromatic N) is 1. The summed E-state index contributed by atoms with van der Waals surface area (Å²) in [6.45, 7) is 2.53. The molecule has 1 heterocycles. The highest BCUT2D eigenvalue weighted by molar-refractivity contribution is 5.90. The summed E-state index contributed by atoms with van der Waals surface area (Å²) in [5.74, 6) is 0.761. The number of nitrogen functional groups attached to an aromatic ring is 1. The summed E-state index contributed by atoms with van der Waals surface area (Å²) in [5.41, 5.74) is 7.73. The van der Waals surface area contributed by atoms with E-state index in [4.69, 9.17) is 10.5 Å². The molecule has 0 fully saturated rings. The van der Waals surface area contributed by atoms with Crippen molar-refractivity contribution in [2.45, 2.75) is 6.92 Å². The van der Waals surface area contributed by atoms with Gasteiger partial charge < -0.3 is 10.5 Å². The topological polar surface area (TPSA) is 73.0 Å². The number of benzene rings is 2. The third-order valence-corrected chi connectivity index (χ3v) is 3.14. The first kappa shape index (κ1) is 12.3. The molecule has 20 heavy (non-hydrogen) atoms. The minimum absolute atomic E-state index is 0.195. The van der Waals surface area contributed by atoms with Crippen LogP contribution in [0.1, 0.15) is 6.92 Å². The lowest BCUT2D eigenvalue weighted by Gasteiger charge is -2.08. The van der Waals surface area contributed by atoms with Crippen LogP contribution in [0, 0.1) is 0 Å². The molecule has 0 saturated heterocycles. The number of rotatable bonds is 3. The van der Waals surface area contributed by atoms with Crippen molar-refractivity contribution in [1.82, 2.24) is 9.78 Å². The molecule has 0 atom stereocenters. The Morgan fingerprint density at radius 1 is 1.25 bits per heavy atom. The summed E-state index contributed by atoms with van der Waals surface area (Å²) < 4.78 is 7.20. The van der Waals surface area contributed by atoms with Crippen molar-refractivity contribution in [3.8, 4) is 11.4 Å². The molecule has 3 N–H and O–H groups in total. The maximum atomic E-state index is 12.0. The average Bonchev–Trinajstić information content (AvgIpc) is 2.78. The number of aromatic nitrogens is 2. The number of nitrogens with one attached hydrogen (secondary N) is 1. The van der Waals surface area contributed by atoms with E-state index in [1.807, 2.05) is 43.3 Å². The Bertz CT molecular complexity index is 817. The van der Waals surface area contributed by atoms with Crippen molar-refractivity contribution < 1.29 is 4.74 Å². The maximum Gasteiger partial charge on any atom is 0.274 e.